The molecular formula is C19H29NO3. The van der Waals surface area contributed by atoms with Crippen molar-refractivity contribution in [1.29, 1.82) is 0 Å². The van der Waals surface area contributed by atoms with Gasteiger partial charge >= 0.3 is 0 Å². The molecule has 1 aromatic rings. The Bertz CT molecular complexity index is 558. The van der Waals surface area contributed by atoms with E-state index in [9.17, 15) is 5.11 Å². The first kappa shape index (κ1) is 16.6. The second-order valence-corrected chi connectivity index (χ2v) is 7.36. The lowest BCUT2D eigenvalue weighted by atomic mass is 9.79. The Labute approximate surface area is 139 Å². The van der Waals surface area contributed by atoms with Crippen LogP contribution in [-0.2, 0) is 6.42 Å². The summed E-state index contributed by atoms with van der Waals surface area (Å²) in [6.07, 6.45) is 2.75. The summed E-state index contributed by atoms with van der Waals surface area (Å²) >= 11 is 0. The lowest BCUT2D eigenvalue weighted by Gasteiger charge is -2.46. The van der Waals surface area contributed by atoms with Gasteiger partial charge in [-0.15, -0.1) is 0 Å². The first-order valence-corrected chi connectivity index (χ1v) is 8.70. The van der Waals surface area contributed by atoms with Gasteiger partial charge in [-0.1, -0.05) is 13.8 Å². The summed E-state index contributed by atoms with van der Waals surface area (Å²) in [5, 5.41) is 10.6. The molecule has 2 heterocycles. The average Bonchev–Trinajstić information content (AvgIpc) is 2.53. The first-order valence-electron chi connectivity index (χ1n) is 8.70. The number of benzene rings is 1. The maximum atomic E-state index is 10.6. The van der Waals surface area contributed by atoms with Crippen LogP contribution in [0.3, 0.4) is 0 Å². The fourth-order valence-electron chi connectivity index (χ4n) is 4.26. The second kappa shape index (κ2) is 6.70. The molecule has 1 N–H and O–H groups in total. The van der Waals surface area contributed by atoms with Gasteiger partial charge in [0.05, 0.1) is 20.3 Å². The summed E-state index contributed by atoms with van der Waals surface area (Å²) in [7, 11) is 3.36. The molecule has 3 rings (SSSR count). The third kappa shape index (κ3) is 3.20. The van der Waals surface area contributed by atoms with E-state index < -0.39 is 0 Å². The van der Waals surface area contributed by atoms with Crippen molar-refractivity contribution >= 4 is 0 Å². The zero-order valence-electron chi connectivity index (χ0n) is 14.7. The molecule has 4 nitrogen and oxygen atoms in total. The number of hydrogen-bond donors (Lipinski definition) is 1. The highest BCUT2D eigenvalue weighted by Gasteiger charge is 2.38. The van der Waals surface area contributed by atoms with E-state index >= 15 is 0 Å². The third-order valence-corrected chi connectivity index (χ3v) is 5.37. The number of piperidine rings is 1. The molecule has 1 aromatic carbocycles. The van der Waals surface area contributed by atoms with Gasteiger partial charge in [-0.05, 0) is 54.4 Å². The number of methoxy groups -OCH3 is 2. The van der Waals surface area contributed by atoms with Crippen molar-refractivity contribution in [3.8, 4) is 11.5 Å². The van der Waals surface area contributed by atoms with Crippen LogP contribution in [0.1, 0.15) is 43.9 Å². The second-order valence-electron chi connectivity index (χ2n) is 7.36. The summed E-state index contributed by atoms with van der Waals surface area (Å²) in [6.45, 7) is 6.54. The van der Waals surface area contributed by atoms with Crippen molar-refractivity contribution in [2.45, 2.75) is 45.3 Å². The third-order valence-electron chi connectivity index (χ3n) is 5.37. The van der Waals surface area contributed by atoms with E-state index in [1.165, 1.54) is 11.1 Å². The number of aliphatic hydroxyl groups excluding tert-OH is 1. The molecule has 23 heavy (non-hydrogen) atoms. The lowest BCUT2D eigenvalue weighted by molar-refractivity contribution is -0.0191. The Hall–Kier alpha value is -1.26. The van der Waals surface area contributed by atoms with Crippen LogP contribution < -0.4 is 9.47 Å². The Morgan fingerprint density at radius 3 is 2.57 bits per heavy atom. The van der Waals surface area contributed by atoms with Gasteiger partial charge in [-0.25, -0.2) is 0 Å². The topological polar surface area (TPSA) is 41.9 Å². The fraction of sp³-hybridized carbons (Fsp3) is 0.684. The number of ether oxygens (including phenoxy) is 2. The van der Waals surface area contributed by atoms with Crippen molar-refractivity contribution in [2.24, 2.45) is 11.8 Å². The molecule has 0 amide bonds. The van der Waals surface area contributed by atoms with Crippen molar-refractivity contribution < 1.29 is 14.6 Å². The van der Waals surface area contributed by atoms with Crippen LogP contribution in [-0.4, -0.2) is 43.4 Å². The van der Waals surface area contributed by atoms with Crippen molar-refractivity contribution in [3.63, 3.8) is 0 Å². The maximum absolute atomic E-state index is 10.6. The molecule has 0 saturated carbocycles. The van der Waals surface area contributed by atoms with Crippen LogP contribution in [0, 0.1) is 11.8 Å². The van der Waals surface area contributed by atoms with Crippen LogP contribution >= 0.6 is 0 Å². The maximum Gasteiger partial charge on any atom is 0.161 e. The summed E-state index contributed by atoms with van der Waals surface area (Å²) in [5.74, 6) is 2.61. The van der Waals surface area contributed by atoms with Gasteiger partial charge in [0.25, 0.3) is 0 Å². The zero-order valence-corrected chi connectivity index (χ0v) is 14.7. The van der Waals surface area contributed by atoms with Gasteiger partial charge < -0.3 is 14.6 Å². The smallest absolute Gasteiger partial charge is 0.161 e. The van der Waals surface area contributed by atoms with Crippen molar-refractivity contribution in [3.05, 3.63) is 23.3 Å². The molecule has 3 atom stereocenters. The van der Waals surface area contributed by atoms with Gasteiger partial charge in [0.2, 0.25) is 0 Å². The quantitative estimate of drug-likeness (QED) is 0.926. The first-order chi connectivity index (χ1) is 11.0. The highest BCUT2D eigenvalue weighted by atomic mass is 16.5. The molecule has 0 aromatic heterocycles. The standard InChI is InChI=1S/C19H29NO3/c1-12(2)7-14-11-20-6-5-13-8-18(22-3)19(23-4)9-15(13)16(20)10-17(14)21/h8-9,12,14,16-17,21H,5-7,10-11H2,1-4H3/t14-,16-,17-/m0/s1. The number of fused-ring (bicyclic) bond motifs is 3. The molecule has 2 aliphatic heterocycles. The van der Waals surface area contributed by atoms with Crippen LogP contribution in [0.2, 0.25) is 0 Å². The van der Waals surface area contributed by atoms with Gasteiger partial charge in [0.15, 0.2) is 11.5 Å². The molecule has 0 bridgehead atoms. The van der Waals surface area contributed by atoms with Crippen LogP contribution in [0.25, 0.3) is 0 Å². The van der Waals surface area contributed by atoms with E-state index in [4.69, 9.17) is 9.47 Å². The molecular weight excluding hydrogens is 290 g/mol. The fourth-order valence-corrected chi connectivity index (χ4v) is 4.26. The minimum Gasteiger partial charge on any atom is -0.493 e. The Balaban J connectivity index is 1.87. The molecule has 1 fully saturated rings. The molecule has 4 heteroatoms. The Morgan fingerprint density at radius 2 is 1.91 bits per heavy atom. The minimum absolute atomic E-state index is 0.210. The summed E-state index contributed by atoms with van der Waals surface area (Å²) in [4.78, 5) is 2.55. The predicted molar refractivity (Wildman–Crippen MR) is 91.1 cm³/mol. The Morgan fingerprint density at radius 1 is 1.22 bits per heavy atom. The minimum atomic E-state index is -0.210. The SMILES string of the molecule is COc1cc2c(cc1OC)[C@@H]1C[C@H](O)[C@@H](CC(C)C)CN1CC2. The van der Waals surface area contributed by atoms with Crippen molar-refractivity contribution in [2.75, 3.05) is 27.3 Å². The van der Waals surface area contributed by atoms with Gasteiger partial charge in [0.1, 0.15) is 0 Å². The van der Waals surface area contributed by atoms with Crippen LogP contribution in [0.4, 0.5) is 0 Å². The summed E-state index contributed by atoms with van der Waals surface area (Å²) in [5.41, 5.74) is 2.63. The normalized spacial score (nSPS) is 27.5. The molecule has 1 saturated heterocycles. The molecule has 0 spiro atoms. The van der Waals surface area contributed by atoms with E-state index in [0.717, 1.165) is 43.9 Å². The average molecular weight is 319 g/mol. The van der Waals surface area contributed by atoms with E-state index in [1.807, 2.05) is 0 Å². The van der Waals surface area contributed by atoms with Crippen LogP contribution in [0.5, 0.6) is 11.5 Å². The number of hydrogen-bond acceptors (Lipinski definition) is 4. The van der Waals surface area contributed by atoms with Gasteiger partial charge in [0, 0.05) is 19.1 Å². The number of rotatable bonds is 4. The Kier molecular flexibility index (Phi) is 4.83. The monoisotopic (exact) mass is 319 g/mol. The molecule has 0 radical (unpaired) electrons. The largest absolute Gasteiger partial charge is 0.493 e. The molecule has 128 valence electrons. The summed E-state index contributed by atoms with van der Waals surface area (Å²) < 4.78 is 10.9. The van der Waals surface area contributed by atoms with E-state index in [0.29, 0.717) is 17.9 Å². The molecule has 0 aliphatic carbocycles. The molecule has 0 unspecified atom stereocenters. The summed E-state index contributed by atoms with van der Waals surface area (Å²) in [6, 6.07) is 4.52. The van der Waals surface area contributed by atoms with E-state index in [2.05, 4.69) is 30.9 Å². The van der Waals surface area contributed by atoms with E-state index in [1.54, 1.807) is 14.2 Å². The lowest BCUT2D eigenvalue weighted by Crippen LogP contribution is -2.48. The van der Waals surface area contributed by atoms with E-state index in [-0.39, 0.29) is 6.10 Å². The predicted octanol–water partition coefficient (Wildman–Crippen LogP) is 3.03. The molecule has 2 aliphatic rings. The number of nitrogens with zero attached hydrogens (tertiary/aromatic N) is 1. The highest BCUT2D eigenvalue weighted by molar-refractivity contribution is 5.49. The van der Waals surface area contributed by atoms with Crippen LogP contribution in [0.15, 0.2) is 12.1 Å². The zero-order chi connectivity index (χ0) is 16.6. The van der Waals surface area contributed by atoms with Gasteiger partial charge in [-0.2, -0.15) is 0 Å². The van der Waals surface area contributed by atoms with Crippen molar-refractivity contribution in [1.82, 2.24) is 4.90 Å². The highest BCUT2D eigenvalue weighted by Crippen LogP contribution is 2.43. The number of aliphatic hydroxyl groups is 1. The van der Waals surface area contributed by atoms with Gasteiger partial charge in [-0.3, -0.25) is 4.90 Å².